The number of hydrogen-bond acceptors (Lipinski definition) is 4. The van der Waals surface area contributed by atoms with E-state index in [0.29, 0.717) is 18.8 Å². The van der Waals surface area contributed by atoms with E-state index in [9.17, 15) is 5.21 Å². The summed E-state index contributed by atoms with van der Waals surface area (Å²) in [7, 11) is 0. The summed E-state index contributed by atoms with van der Waals surface area (Å²) in [6, 6.07) is 15.6. The molecule has 2 aliphatic heterocycles. The standard InChI is InChI=1S/C18H16NO3/c20-19-10-14(9-13-5-2-1-3-6-13)18-16(19)7-4-8-17(18)22-12-15-11-21-15/h1-9,15H,10-12H2/q-1. The van der Waals surface area contributed by atoms with Crippen LogP contribution in [0.1, 0.15) is 11.1 Å². The molecule has 1 fully saturated rings. The Morgan fingerprint density at radius 2 is 2.00 bits per heavy atom. The molecule has 4 nitrogen and oxygen atoms in total. The fraction of sp³-hybridized carbons (Fsp3) is 0.222. The molecular formula is C18H16NO3-. The smallest absolute Gasteiger partial charge is 0.129 e. The SMILES string of the molecule is [O-]N1CC(=Cc2ccccc2)c2c(OCC3CO3)cccc21. The van der Waals surface area contributed by atoms with Gasteiger partial charge in [-0.15, -0.1) is 0 Å². The number of epoxide rings is 1. The molecular weight excluding hydrogens is 278 g/mol. The van der Waals surface area contributed by atoms with E-state index in [4.69, 9.17) is 9.47 Å². The van der Waals surface area contributed by atoms with Crippen molar-refractivity contribution in [1.82, 2.24) is 0 Å². The van der Waals surface area contributed by atoms with Crippen molar-refractivity contribution in [1.29, 1.82) is 0 Å². The average molecular weight is 294 g/mol. The van der Waals surface area contributed by atoms with Crippen molar-refractivity contribution in [3.63, 3.8) is 0 Å². The molecule has 1 unspecified atom stereocenters. The Kier molecular flexibility index (Phi) is 3.33. The van der Waals surface area contributed by atoms with E-state index in [0.717, 1.165) is 34.1 Å². The second kappa shape index (κ2) is 5.48. The molecule has 0 radical (unpaired) electrons. The van der Waals surface area contributed by atoms with Gasteiger partial charge in [-0.05, 0) is 29.3 Å². The second-order valence-electron chi connectivity index (χ2n) is 5.53. The first-order chi connectivity index (χ1) is 10.8. The van der Waals surface area contributed by atoms with Crippen molar-refractivity contribution in [2.45, 2.75) is 6.10 Å². The Morgan fingerprint density at radius 1 is 1.18 bits per heavy atom. The van der Waals surface area contributed by atoms with E-state index in [1.165, 1.54) is 0 Å². The molecule has 0 saturated carbocycles. The molecule has 2 heterocycles. The summed E-state index contributed by atoms with van der Waals surface area (Å²) in [5.41, 5.74) is 3.65. The molecule has 0 amide bonds. The number of fused-ring (bicyclic) bond motifs is 1. The van der Waals surface area contributed by atoms with Gasteiger partial charge in [-0.1, -0.05) is 36.4 Å². The predicted octanol–water partition coefficient (Wildman–Crippen LogP) is 3.32. The minimum Gasteiger partial charge on any atom is -0.758 e. The fourth-order valence-corrected chi connectivity index (χ4v) is 2.70. The summed E-state index contributed by atoms with van der Waals surface area (Å²) in [6.07, 6.45) is 2.25. The number of anilines is 1. The summed E-state index contributed by atoms with van der Waals surface area (Å²) in [6.45, 7) is 1.65. The van der Waals surface area contributed by atoms with Gasteiger partial charge < -0.3 is 19.7 Å². The number of hydrogen-bond donors (Lipinski definition) is 0. The third-order valence-electron chi connectivity index (χ3n) is 3.88. The Morgan fingerprint density at radius 3 is 2.77 bits per heavy atom. The largest absolute Gasteiger partial charge is 0.758 e. The molecule has 0 bridgehead atoms. The van der Waals surface area contributed by atoms with Gasteiger partial charge in [-0.2, -0.15) is 0 Å². The quantitative estimate of drug-likeness (QED) is 0.812. The van der Waals surface area contributed by atoms with Crippen molar-refractivity contribution in [2.24, 2.45) is 0 Å². The molecule has 0 N–H and O–H groups in total. The van der Waals surface area contributed by atoms with Crippen molar-refractivity contribution in [3.8, 4) is 5.75 Å². The van der Waals surface area contributed by atoms with Crippen molar-refractivity contribution < 1.29 is 9.47 Å². The van der Waals surface area contributed by atoms with Gasteiger partial charge in [0.2, 0.25) is 0 Å². The van der Waals surface area contributed by atoms with Gasteiger partial charge in [0.05, 0.1) is 6.61 Å². The van der Waals surface area contributed by atoms with Gasteiger partial charge >= 0.3 is 0 Å². The molecule has 1 atom stereocenters. The van der Waals surface area contributed by atoms with E-state index >= 15 is 0 Å². The van der Waals surface area contributed by atoms with Gasteiger partial charge in [0, 0.05) is 17.8 Å². The van der Waals surface area contributed by atoms with E-state index in [2.05, 4.69) is 6.08 Å². The lowest BCUT2D eigenvalue weighted by Crippen LogP contribution is -2.09. The Labute approximate surface area is 129 Å². The maximum atomic E-state index is 12.2. The van der Waals surface area contributed by atoms with Crippen LogP contribution in [-0.4, -0.2) is 25.9 Å². The first-order valence-corrected chi connectivity index (χ1v) is 7.39. The number of nitrogens with zero attached hydrogens (tertiary/aromatic N) is 1. The minimum absolute atomic E-state index is 0.196. The van der Waals surface area contributed by atoms with Gasteiger partial charge in [-0.3, -0.25) is 0 Å². The molecule has 22 heavy (non-hydrogen) atoms. The minimum atomic E-state index is 0.196. The van der Waals surface area contributed by atoms with Crippen LogP contribution >= 0.6 is 0 Å². The number of ether oxygens (including phenoxy) is 2. The van der Waals surface area contributed by atoms with Crippen LogP contribution in [0.4, 0.5) is 5.69 Å². The van der Waals surface area contributed by atoms with Crippen LogP contribution in [0.15, 0.2) is 48.5 Å². The highest BCUT2D eigenvalue weighted by Gasteiger charge is 2.26. The highest BCUT2D eigenvalue weighted by atomic mass is 16.6. The molecule has 0 spiro atoms. The predicted molar refractivity (Wildman–Crippen MR) is 86.7 cm³/mol. The number of rotatable bonds is 4. The van der Waals surface area contributed by atoms with Crippen LogP contribution in [0.3, 0.4) is 0 Å². The first-order valence-electron chi connectivity index (χ1n) is 7.39. The topological polar surface area (TPSA) is 48.1 Å². The van der Waals surface area contributed by atoms with Crippen LogP contribution in [-0.2, 0) is 4.74 Å². The van der Waals surface area contributed by atoms with Crippen LogP contribution in [0.2, 0.25) is 0 Å². The summed E-state index contributed by atoms with van der Waals surface area (Å²) in [5, 5.41) is 13.2. The van der Waals surface area contributed by atoms with Gasteiger partial charge in [0.1, 0.15) is 18.5 Å². The van der Waals surface area contributed by atoms with Crippen LogP contribution in [0.5, 0.6) is 5.75 Å². The third kappa shape index (κ3) is 2.58. The number of hydroxylamine groups is 1. The normalized spacial score (nSPS) is 21.0. The van der Waals surface area contributed by atoms with E-state index < -0.39 is 0 Å². The zero-order valence-corrected chi connectivity index (χ0v) is 12.1. The molecule has 4 heteroatoms. The lowest BCUT2D eigenvalue weighted by molar-refractivity contribution is 0.262. The zero-order valence-electron chi connectivity index (χ0n) is 12.1. The molecule has 0 aliphatic carbocycles. The van der Waals surface area contributed by atoms with Crippen LogP contribution in [0.25, 0.3) is 11.6 Å². The lowest BCUT2D eigenvalue weighted by atomic mass is 10.0. The first kappa shape index (κ1) is 13.4. The van der Waals surface area contributed by atoms with Crippen LogP contribution in [0, 0.1) is 5.21 Å². The molecule has 0 aromatic heterocycles. The van der Waals surface area contributed by atoms with E-state index in [-0.39, 0.29) is 6.10 Å². The maximum Gasteiger partial charge on any atom is 0.129 e. The molecule has 2 aliphatic rings. The Balaban J connectivity index is 1.71. The van der Waals surface area contributed by atoms with E-state index in [1.807, 2.05) is 48.5 Å². The molecule has 2 aromatic carbocycles. The highest BCUT2D eigenvalue weighted by Crippen LogP contribution is 2.42. The number of benzene rings is 2. The summed E-state index contributed by atoms with van der Waals surface area (Å²) in [4.78, 5) is 0. The van der Waals surface area contributed by atoms with Gasteiger partial charge in [0.15, 0.2) is 0 Å². The Bertz CT molecular complexity index is 708. The lowest BCUT2D eigenvalue weighted by Gasteiger charge is -2.24. The zero-order chi connectivity index (χ0) is 14.9. The van der Waals surface area contributed by atoms with Crippen molar-refractivity contribution in [2.75, 3.05) is 24.8 Å². The van der Waals surface area contributed by atoms with Crippen molar-refractivity contribution in [3.05, 3.63) is 64.9 Å². The summed E-state index contributed by atoms with van der Waals surface area (Å²) >= 11 is 0. The van der Waals surface area contributed by atoms with Gasteiger partial charge in [0.25, 0.3) is 0 Å². The maximum absolute atomic E-state index is 12.2. The second-order valence-corrected chi connectivity index (χ2v) is 5.53. The average Bonchev–Trinajstić information content (AvgIpc) is 3.32. The molecule has 112 valence electrons. The molecule has 4 rings (SSSR count). The molecule has 2 aromatic rings. The monoisotopic (exact) mass is 294 g/mol. The molecule has 1 saturated heterocycles. The fourth-order valence-electron chi connectivity index (χ4n) is 2.70. The third-order valence-corrected chi connectivity index (χ3v) is 3.88. The summed E-state index contributed by atoms with van der Waals surface area (Å²) < 4.78 is 11.0. The van der Waals surface area contributed by atoms with Crippen molar-refractivity contribution >= 4 is 17.3 Å². The van der Waals surface area contributed by atoms with Gasteiger partial charge in [-0.25, -0.2) is 0 Å². The highest BCUT2D eigenvalue weighted by molar-refractivity contribution is 5.96. The van der Waals surface area contributed by atoms with Crippen LogP contribution < -0.4 is 9.80 Å². The summed E-state index contributed by atoms with van der Waals surface area (Å²) in [5.74, 6) is 0.758. The van der Waals surface area contributed by atoms with E-state index in [1.54, 1.807) is 0 Å². The Hall–Kier alpha value is -2.30.